The molecule has 0 saturated carbocycles. The summed E-state index contributed by atoms with van der Waals surface area (Å²) in [4.78, 5) is 36.9. The summed E-state index contributed by atoms with van der Waals surface area (Å²) >= 11 is 0. The predicted molar refractivity (Wildman–Crippen MR) is 143 cm³/mol. The van der Waals surface area contributed by atoms with Gasteiger partial charge in [0.1, 0.15) is 23.6 Å². The van der Waals surface area contributed by atoms with Crippen LogP contribution in [0.25, 0.3) is 0 Å². The van der Waals surface area contributed by atoms with Gasteiger partial charge in [-0.3, -0.25) is 14.4 Å². The summed E-state index contributed by atoms with van der Waals surface area (Å²) in [5.74, 6) is -5.44. The van der Waals surface area contributed by atoms with Gasteiger partial charge in [0.05, 0.1) is 24.8 Å². The van der Waals surface area contributed by atoms with Crippen molar-refractivity contribution in [2.75, 3.05) is 5.32 Å². The number of aromatic nitrogens is 4. The second kappa shape index (κ2) is 14.0. The van der Waals surface area contributed by atoms with Gasteiger partial charge in [-0.2, -0.15) is 4.39 Å². The molecule has 0 radical (unpaired) electrons. The van der Waals surface area contributed by atoms with Gasteiger partial charge in [0.2, 0.25) is 11.7 Å². The number of hydrogen-bond acceptors (Lipinski definition) is 6. The number of halogens is 7. The van der Waals surface area contributed by atoms with Crippen molar-refractivity contribution in [1.82, 2.24) is 24.9 Å². The van der Waals surface area contributed by atoms with Crippen LogP contribution in [0.2, 0.25) is 0 Å². The smallest absolute Gasteiger partial charge is 0.406 e. The summed E-state index contributed by atoms with van der Waals surface area (Å²) in [7, 11) is 0. The molecular weight excluding hydrogens is 617 g/mol. The molecule has 0 aliphatic rings. The molecule has 4 rings (SSSR count). The van der Waals surface area contributed by atoms with Crippen LogP contribution in [0.15, 0.2) is 65.7 Å². The zero-order chi connectivity index (χ0) is 32.7. The Labute approximate surface area is 249 Å². The van der Waals surface area contributed by atoms with E-state index in [4.69, 9.17) is 0 Å². The van der Waals surface area contributed by atoms with Crippen LogP contribution >= 0.6 is 0 Å². The SMILES string of the molecule is O=C(Cc1c(F)cccc1F)Nc1ccn(CCC(F)Cn2cc(C(=O)NCc3cccc(OC(F)(F)F)c3)nn2)c(=O)c1F. The highest BCUT2D eigenvalue weighted by atomic mass is 19.4. The largest absolute Gasteiger partial charge is 0.573 e. The number of nitrogens with one attached hydrogen (secondary N) is 2. The standard InChI is InChI=1S/C28H23F7N6O4/c29-17(14-41-15-23(38-39-41)26(43)36-13-16-3-1-4-18(11-16)45-28(33,34)35)7-9-40-10-8-22(25(32)27(40)44)37-24(42)12-19-20(30)5-2-6-21(19)31/h1-6,8,10-11,15,17H,7,9,12-14H2,(H,36,43)(H,37,42). The van der Waals surface area contributed by atoms with Crippen LogP contribution in [0.5, 0.6) is 5.75 Å². The quantitative estimate of drug-likeness (QED) is 0.223. The van der Waals surface area contributed by atoms with Crippen molar-refractivity contribution in [2.24, 2.45) is 0 Å². The monoisotopic (exact) mass is 640 g/mol. The molecule has 2 heterocycles. The fraction of sp³-hybridized carbons (Fsp3) is 0.250. The summed E-state index contributed by atoms with van der Waals surface area (Å²) in [6.45, 7) is -0.815. The van der Waals surface area contributed by atoms with Crippen molar-refractivity contribution in [2.45, 2.75) is 45.0 Å². The average Bonchev–Trinajstić information content (AvgIpc) is 3.43. The van der Waals surface area contributed by atoms with Gasteiger partial charge in [-0.25, -0.2) is 17.9 Å². The first kappa shape index (κ1) is 32.7. The fourth-order valence-electron chi connectivity index (χ4n) is 4.07. The van der Waals surface area contributed by atoms with Gasteiger partial charge in [-0.05, 0) is 42.3 Å². The Balaban J connectivity index is 1.27. The number of carbonyl (C=O) groups excluding carboxylic acids is 2. The first-order valence-corrected chi connectivity index (χ1v) is 13.1. The lowest BCUT2D eigenvalue weighted by molar-refractivity contribution is -0.274. The molecule has 10 nitrogen and oxygen atoms in total. The van der Waals surface area contributed by atoms with Gasteiger partial charge in [0.25, 0.3) is 11.5 Å². The molecular formula is C28H23F7N6O4. The number of aryl methyl sites for hydroxylation is 1. The Morgan fingerprint density at radius 2 is 1.73 bits per heavy atom. The topological polar surface area (TPSA) is 120 Å². The van der Waals surface area contributed by atoms with E-state index in [1.54, 1.807) is 0 Å². The molecule has 2 amide bonds. The maximum absolute atomic E-state index is 14.7. The van der Waals surface area contributed by atoms with E-state index in [1.807, 2.05) is 0 Å². The third-order valence-corrected chi connectivity index (χ3v) is 6.20. The van der Waals surface area contributed by atoms with Gasteiger partial charge in [-0.15, -0.1) is 18.3 Å². The Morgan fingerprint density at radius 1 is 1.02 bits per heavy atom. The van der Waals surface area contributed by atoms with E-state index in [2.05, 4.69) is 25.7 Å². The predicted octanol–water partition coefficient (Wildman–Crippen LogP) is 4.30. The molecule has 0 aliphatic carbocycles. The molecule has 4 aromatic rings. The second-order valence-electron chi connectivity index (χ2n) is 9.56. The van der Waals surface area contributed by atoms with Crippen LogP contribution in [0, 0.1) is 17.5 Å². The van der Waals surface area contributed by atoms with Crippen molar-refractivity contribution < 1.29 is 45.1 Å². The molecule has 1 atom stereocenters. The third-order valence-electron chi connectivity index (χ3n) is 6.20. The summed E-state index contributed by atoms with van der Waals surface area (Å²) in [5.41, 5.74) is -2.11. The van der Waals surface area contributed by atoms with Crippen LogP contribution < -0.4 is 20.9 Å². The number of rotatable bonds is 12. The van der Waals surface area contributed by atoms with E-state index >= 15 is 0 Å². The number of nitrogens with zero attached hydrogens (tertiary/aromatic N) is 4. The number of anilines is 1. The van der Waals surface area contributed by atoms with Crippen molar-refractivity contribution in [3.05, 3.63) is 106 Å². The number of hydrogen-bond donors (Lipinski definition) is 2. The Hall–Kier alpha value is -5.22. The third kappa shape index (κ3) is 9.14. The van der Waals surface area contributed by atoms with Crippen LogP contribution in [0.3, 0.4) is 0 Å². The zero-order valence-corrected chi connectivity index (χ0v) is 23.0. The van der Waals surface area contributed by atoms with Crippen LogP contribution in [0.1, 0.15) is 28.0 Å². The maximum Gasteiger partial charge on any atom is 0.573 e. The summed E-state index contributed by atoms with van der Waals surface area (Å²) < 4.78 is 99.8. The van der Waals surface area contributed by atoms with Crippen LogP contribution in [-0.2, 0) is 30.8 Å². The number of benzene rings is 2. The van der Waals surface area contributed by atoms with Gasteiger partial charge < -0.3 is 19.9 Å². The highest BCUT2D eigenvalue weighted by Crippen LogP contribution is 2.23. The van der Waals surface area contributed by atoms with Crippen LogP contribution in [0.4, 0.5) is 36.4 Å². The van der Waals surface area contributed by atoms with E-state index in [1.165, 1.54) is 12.1 Å². The van der Waals surface area contributed by atoms with E-state index in [-0.39, 0.29) is 31.7 Å². The van der Waals surface area contributed by atoms with E-state index in [0.717, 1.165) is 58.0 Å². The van der Waals surface area contributed by atoms with Gasteiger partial charge in [0.15, 0.2) is 5.69 Å². The minimum absolute atomic E-state index is 0.162. The number of amides is 2. The number of carbonyl (C=O) groups is 2. The number of pyridine rings is 1. The van der Waals surface area contributed by atoms with Gasteiger partial charge in [0, 0.05) is 24.8 Å². The van der Waals surface area contributed by atoms with Crippen molar-refractivity contribution in [3.63, 3.8) is 0 Å². The average molecular weight is 641 g/mol. The molecule has 0 fully saturated rings. The zero-order valence-electron chi connectivity index (χ0n) is 23.0. The van der Waals surface area contributed by atoms with E-state index < -0.39 is 70.8 Å². The van der Waals surface area contributed by atoms with E-state index in [0.29, 0.717) is 5.56 Å². The van der Waals surface area contributed by atoms with Crippen molar-refractivity contribution in [3.8, 4) is 5.75 Å². The Kier molecular flexibility index (Phi) is 10.2. The highest BCUT2D eigenvalue weighted by Gasteiger charge is 2.31. The lowest BCUT2D eigenvalue weighted by atomic mass is 10.1. The maximum atomic E-state index is 14.7. The lowest BCUT2D eigenvalue weighted by Gasteiger charge is -2.12. The normalized spacial score (nSPS) is 12.1. The molecule has 0 aliphatic heterocycles. The number of alkyl halides is 4. The molecule has 1 unspecified atom stereocenters. The van der Waals surface area contributed by atoms with Gasteiger partial charge >= 0.3 is 6.36 Å². The molecule has 45 heavy (non-hydrogen) atoms. The highest BCUT2D eigenvalue weighted by molar-refractivity contribution is 5.92. The van der Waals surface area contributed by atoms with Crippen LogP contribution in [-0.4, -0.2) is 43.9 Å². The van der Waals surface area contributed by atoms with E-state index in [9.17, 15) is 45.1 Å². The minimum atomic E-state index is -4.87. The summed E-state index contributed by atoms with van der Waals surface area (Å²) in [6.07, 6.45) is -5.27. The lowest BCUT2D eigenvalue weighted by Crippen LogP contribution is -2.27. The molecule has 17 heteroatoms. The first-order valence-electron chi connectivity index (χ1n) is 13.1. The molecule has 0 bridgehead atoms. The Bertz CT molecular complexity index is 1720. The first-order chi connectivity index (χ1) is 21.3. The number of ether oxygens (including phenoxy) is 1. The Morgan fingerprint density at radius 3 is 2.44 bits per heavy atom. The van der Waals surface area contributed by atoms with Crippen molar-refractivity contribution in [1.29, 1.82) is 0 Å². The van der Waals surface area contributed by atoms with Gasteiger partial charge in [-0.1, -0.05) is 23.4 Å². The van der Waals surface area contributed by atoms with Crippen molar-refractivity contribution >= 4 is 17.5 Å². The second-order valence-corrected chi connectivity index (χ2v) is 9.56. The molecule has 0 spiro atoms. The molecule has 0 saturated heterocycles. The fourth-order valence-corrected chi connectivity index (χ4v) is 4.07. The minimum Gasteiger partial charge on any atom is -0.406 e. The molecule has 238 valence electrons. The molecule has 2 aromatic carbocycles. The summed E-state index contributed by atoms with van der Waals surface area (Å²) in [6, 6.07) is 9.04. The summed E-state index contributed by atoms with van der Waals surface area (Å²) in [5, 5.41) is 11.8. The molecule has 2 aromatic heterocycles. The molecule has 2 N–H and O–H groups in total.